The van der Waals surface area contributed by atoms with Gasteiger partial charge >= 0.3 is 0 Å². The van der Waals surface area contributed by atoms with Crippen LogP contribution in [0.4, 0.5) is 0 Å². The summed E-state index contributed by atoms with van der Waals surface area (Å²) in [6, 6.07) is 0. The van der Waals surface area contributed by atoms with E-state index in [1.807, 2.05) is 20.8 Å². The van der Waals surface area contributed by atoms with Crippen LogP contribution in [0, 0.1) is 11.8 Å². The molecule has 2 amide bonds. The van der Waals surface area contributed by atoms with Crippen LogP contribution in [0.5, 0.6) is 0 Å². The SMILES string of the molecule is CCCNC(=O)CN(CCC)C(=O)C(C)C1CNC1. The summed E-state index contributed by atoms with van der Waals surface area (Å²) in [5.41, 5.74) is 0. The first-order valence-corrected chi connectivity index (χ1v) is 7.36. The standard InChI is InChI=1S/C14H27N3O2/c1-4-6-16-13(18)10-17(7-5-2)14(19)11(3)12-8-15-9-12/h11-12,15H,4-10H2,1-3H3,(H,16,18). The van der Waals surface area contributed by atoms with E-state index in [2.05, 4.69) is 10.6 Å². The number of amides is 2. The van der Waals surface area contributed by atoms with Gasteiger partial charge in [-0.15, -0.1) is 0 Å². The van der Waals surface area contributed by atoms with Gasteiger partial charge in [0.1, 0.15) is 0 Å². The topological polar surface area (TPSA) is 61.4 Å². The molecule has 0 bridgehead atoms. The Bertz CT molecular complexity index is 303. The average molecular weight is 269 g/mol. The summed E-state index contributed by atoms with van der Waals surface area (Å²) in [6.07, 6.45) is 1.79. The second-order valence-corrected chi connectivity index (χ2v) is 5.32. The highest BCUT2D eigenvalue weighted by atomic mass is 16.2. The third-order valence-electron chi connectivity index (χ3n) is 3.62. The molecule has 0 aromatic rings. The molecule has 0 saturated carbocycles. The predicted octanol–water partition coefficient (Wildman–Crippen LogP) is 0.607. The van der Waals surface area contributed by atoms with Gasteiger partial charge in [-0.3, -0.25) is 9.59 Å². The predicted molar refractivity (Wildman–Crippen MR) is 75.7 cm³/mol. The highest BCUT2D eigenvalue weighted by Gasteiger charge is 2.31. The van der Waals surface area contributed by atoms with E-state index in [4.69, 9.17) is 0 Å². The largest absolute Gasteiger partial charge is 0.355 e. The Balaban J connectivity index is 2.49. The average Bonchev–Trinajstić information content (AvgIpc) is 2.32. The summed E-state index contributed by atoms with van der Waals surface area (Å²) >= 11 is 0. The number of rotatable bonds is 8. The van der Waals surface area contributed by atoms with Crippen LogP contribution in [0.3, 0.4) is 0 Å². The molecular formula is C14H27N3O2. The van der Waals surface area contributed by atoms with E-state index in [0.717, 1.165) is 25.9 Å². The first kappa shape index (κ1) is 16.0. The van der Waals surface area contributed by atoms with E-state index < -0.39 is 0 Å². The van der Waals surface area contributed by atoms with Crippen molar-refractivity contribution < 1.29 is 9.59 Å². The summed E-state index contributed by atoms with van der Waals surface area (Å²) in [5, 5.41) is 6.01. The number of nitrogens with zero attached hydrogens (tertiary/aromatic N) is 1. The third kappa shape index (κ3) is 4.82. The molecular weight excluding hydrogens is 242 g/mol. The Kier molecular flexibility index (Phi) is 6.84. The molecule has 1 rings (SSSR count). The van der Waals surface area contributed by atoms with E-state index in [0.29, 0.717) is 19.0 Å². The van der Waals surface area contributed by atoms with Crippen molar-refractivity contribution in [2.75, 3.05) is 32.7 Å². The molecule has 1 heterocycles. The minimum absolute atomic E-state index is 0.00627. The first-order chi connectivity index (χ1) is 9.10. The lowest BCUT2D eigenvalue weighted by molar-refractivity contribution is -0.141. The number of hydrogen-bond acceptors (Lipinski definition) is 3. The molecule has 1 atom stereocenters. The third-order valence-corrected chi connectivity index (χ3v) is 3.62. The monoisotopic (exact) mass is 269 g/mol. The number of carbonyl (C=O) groups excluding carboxylic acids is 2. The van der Waals surface area contributed by atoms with Crippen LogP contribution in [0.15, 0.2) is 0 Å². The van der Waals surface area contributed by atoms with Crippen LogP contribution in [-0.2, 0) is 9.59 Å². The van der Waals surface area contributed by atoms with Gasteiger partial charge in [-0.05, 0) is 31.8 Å². The Labute approximate surface area is 116 Å². The quantitative estimate of drug-likeness (QED) is 0.678. The second-order valence-electron chi connectivity index (χ2n) is 5.32. The van der Waals surface area contributed by atoms with Gasteiger partial charge in [-0.25, -0.2) is 0 Å². The maximum atomic E-state index is 12.4. The Morgan fingerprint density at radius 1 is 1.32 bits per heavy atom. The molecule has 2 N–H and O–H groups in total. The smallest absolute Gasteiger partial charge is 0.239 e. The van der Waals surface area contributed by atoms with Gasteiger partial charge in [-0.1, -0.05) is 20.8 Å². The number of hydrogen-bond donors (Lipinski definition) is 2. The fourth-order valence-electron chi connectivity index (χ4n) is 2.18. The zero-order valence-electron chi connectivity index (χ0n) is 12.4. The van der Waals surface area contributed by atoms with Gasteiger partial charge < -0.3 is 15.5 Å². The minimum Gasteiger partial charge on any atom is -0.355 e. The Hall–Kier alpha value is -1.10. The molecule has 5 nitrogen and oxygen atoms in total. The minimum atomic E-state index is -0.0532. The number of nitrogens with one attached hydrogen (secondary N) is 2. The molecule has 0 aliphatic carbocycles. The molecule has 19 heavy (non-hydrogen) atoms. The molecule has 0 spiro atoms. The van der Waals surface area contributed by atoms with Crippen molar-refractivity contribution in [2.45, 2.75) is 33.6 Å². The molecule has 1 aliphatic heterocycles. The van der Waals surface area contributed by atoms with Gasteiger partial charge in [0.2, 0.25) is 11.8 Å². The van der Waals surface area contributed by atoms with Crippen LogP contribution in [-0.4, -0.2) is 49.4 Å². The second kappa shape index (κ2) is 8.15. The van der Waals surface area contributed by atoms with E-state index >= 15 is 0 Å². The van der Waals surface area contributed by atoms with Gasteiger partial charge in [-0.2, -0.15) is 0 Å². The van der Waals surface area contributed by atoms with Crippen LogP contribution >= 0.6 is 0 Å². The van der Waals surface area contributed by atoms with Crippen molar-refractivity contribution in [1.29, 1.82) is 0 Å². The normalized spacial score (nSPS) is 16.6. The molecule has 0 aromatic carbocycles. The van der Waals surface area contributed by atoms with E-state index in [1.54, 1.807) is 4.90 Å². The number of carbonyl (C=O) groups is 2. The fraction of sp³-hybridized carbons (Fsp3) is 0.857. The van der Waals surface area contributed by atoms with Crippen LogP contribution in [0.1, 0.15) is 33.6 Å². The van der Waals surface area contributed by atoms with Crippen molar-refractivity contribution in [1.82, 2.24) is 15.5 Å². The summed E-state index contributed by atoms with van der Waals surface area (Å²) in [7, 11) is 0. The van der Waals surface area contributed by atoms with Crippen molar-refractivity contribution in [3.8, 4) is 0 Å². The van der Waals surface area contributed by atoms with Gasteiger partial charge in [0.15, 0.2) is 0 Å². The lowest BCUT2D eigenvalue weighted by Gasteiger charge is -2.34. The zero-order valence-corrected chi connectivity index (χ0v) is 12.4. The Morgan fingerprint density at radius 2 is 2.00 bits per heavy atom. The van der Waals surface area contributed by atoms with Crippen LogP contribution in [0.25, 0.3) is 0 Å². The molecule has 0 aromatic heterocycles. The van der Waals surface area contributed by atoms with E-state index in [9.17, 15) is 9.59 Å². The lowest BCUT2D eigenvalue weighted by atomic mass is 9.88. The van der Waals surface area contributed by atoms with E-state index in [-0.39, 0.29) is 24.3 Å². The first-order valence-electron chi connectivity index (χ1n) is 7.36. The summed E-state index contributed by atoms with van der Waals surface area (Å²) in [6.45, 7) is 9.36. The highest BCUT2D eigenvalue weighted by Crippen LogP contribution is 2.18. The molecule has 1 aliphatic rings. The van der Waals surface area contributed by atoms with Crippen LogP contribution < -0.4 is 10.6 Å². The van der Waals surface area contributed by atoms with E-state index in [1.165, 1.54) is 0 Å². The van der Waals surface area contributed by atoms with Gasteiger partial charge in [0, 0.05) is 19.0 Å². The van der Waals surface area contributed by atoms with Crippen molar-refractivity contribution >= 4 is 11.8 Å². The maximum absolute atomic E-state index is 12.4. The lowest BCUT2D eigenvalue weighted by Crippen LogP contribution is -2.51. The molecule has 5 heteroatoms. The van der Waals surface area contributed by atoms with Crippen molar-refractivity contribution in [3.63, 3.8) is 0 Å². The fourth-order valence-corrected chi connectivity index (χ4v) is 2.18. The molecule has 1 fully saturated rings. The summed E-state index contributed by atoms with van der Waals surface area (Å²) in [5.74, 6) is 0.486. The zero-order chi connectivity index (χ0) is 14.3. The molecule has 110 valence electrons. The van der Waals surface area contributed by atoms with Gasteiger partial charge in [0.05, 0.1) is 6.54 Å². The molecule has 1 unspecified atom stereocenters. The molecule has 1 saturated heterocycles. The van der Waals surface area contributed by atoms with Crippen LogP contribution in [0.2, 0.25) is 0 Å². The van der Waals surface area contributed by atoms with Crippen molar-refractivity contribution in [2.24, 2.45) is 11.8 Å². The molecule has 0 radical (unpaired) electrons. The van der Waals surface area contributed by atoms with Gasteiger partial charge in [0.25, 0.3) is 0 Å². The van der Waals surface area contributed by atoms with Crippen molar-refractivity contribution in [3.05, 3.63) is 0 Å². The maximum Gasteiger partial charge on any atom is 0.239 e. The Morgan fingerprint density at radius 3 is 2.47 bits per heavy atom. The highest BCUT2D eigenvalue weighted by molar-refractivity contribution is 5.86. The summed E-state index contributed by atoms with van der Waals surface area (Å²) in [4.78, 5) is 25.8. The summed E-state index contributed by atoms with van der Waals surface area (Å²) < 4.78 is 0.